The van der Waals surface area contributed by atoms with Crippen LogP contribution in [0.2, 0.25) is 0 Å². The Kier molecular flexibility index (Phi) is 7.25. The number of nitrogens with two attached hydrogens (primary N) is 1. The Morgan fingerprint density at radius 2 is 1.91 bits per heavy atom. The predicted octanol–water partition coefficient (Wildman–Crippen LogP) is 3.63. The van der Waals surface area contributed by atoms with Crippen LogP contribution in [0.4, 0.5) is 27.8 Å². The molecule has 34 heavy (non-hydrogen) atoms. The second-order valence-electron chi connectivity index (χ2n) is 7.46. The average Bonchev–Trinajstić information content (AvgIpc) is 3.31. The molecule has 1 atom stereocenters. The van der Waals surface area contributed by atoms with Crippen molar-refractivity contribution >= 4 is 17.2 Å². The largest absolute Gasteiger partial charge is 0.407 e. The number of nitrogens with one attached hydrogen (secondary N) is 3. The number of alkyl halides is 3. The third-order valence-electron chi connectivity index (χ3n) is 4.69. The van der Waals surface area contributed by atoms with Gasteiger partial charge in [-0.2, -0.15) is 13.2 Å². The number of halogens is 5. The van der Waals surface area contributed by atoms with Gasteiger partial charge < -0.3 is 20.9 Å². The fourth-order valence-corrected chi connectivity index (χ4v) is 2.60. The molecule has 5 N–H and O–H groups in total. The number of nitrogens with zero attached hydrogens (tertiary/aromatic N) is 3. The summed E-state index contributed by atoms with van der Waals surface area (Å²) in [6, 6.07) is 7.56. The van der Waals surface area contributed by atoms with Crippen LogP contribution in [0.1, 0.15) is 24.0 Å². The Morgan fingerprint density at radius 1 is 1.18 bits per heavy atom. The highest BCUT2D eigenvalue weighted by molar-refractivity contribution is 6.07. The number of allylic oxidation sites excluding steroid dienone is 1. The first-order valence-corrected chi connectivity index (χ1v) is 9.78. The molecule has 1 unspecified atom stereocenters. The first kappa shape index (κ1) is 24.8. The van der Waals surface area contributed by atoms with Crippen LogP contribution in [0.15, 0.2) is 53.4 Å². The zero-order chi connectivity index (χ0) is 24.9. The molecule has 8 nitrogen and oxygen atoms in total. The van der Waals surface area contributed by atoms with Crippen molar-refractivity contribution in [1.29, 1.82) is 5.41 Å². The van der Waals surface area contributed by atoms with Crippen LogP contribution < -0.4 is 16.4 Å². The molecule has 0 spiro atoms. The molecule has 13 heteroatoms. The smallest absolute Gasteiger partial charge is 0.379 e. The highest BCUT2D eigenvalue weighted by Gasteiger charge is 2.48. The molecule has 0 saturated heterocycles. The first-order chi connectivity index (χ1) is 16.0. The van der Waals surface area contributed by atoms with Gasteiger partial charge in [0.1, 0.15) is 29.0 Å². The molecule has 0 aliphatic rings. The monoisotopic (exact) mass is 481 g/mol. The van der Waals surface area contributed by atoms with Gasteiger partial charge in [0.2, 0.25) is 0 Å². The molecule has 3 rings (SSSR count). The number of aromatic nitrogens is 3. The fourth-order valence-electron chi connectivity index (χ4n) is 2.60. The molecular formula is C21H20F5N7O. The summed E-state index contributed by atoms with van der Waals surface area (Å²) < 4.78 is 71.7. The Bertz CT molecular complexity index is 1180. The van der Waals surface area contributed by atoms with Crippen LogP contribution in [-0.4, -0.2) is 39.1 Å². The molecule has 1 aromatic carbocycles. The van der Waals surface area contributed by atoms with Crippen molar-refractivity contribution in [3.8, 4) is 0 Å². The maximum Gasteiger partial charge on any atom is 0.407 e. The van der Waals surface area contributed by atoms with E-state index in [0.717, 1.165) is 13.1 Å². The SMILES string of the molecule is CC(N)(CNc1nc(C(=N)/C=C(\NCc2ccccc2F)c2ccon2)ncc1F)C(F)(F)F. The molecule has 0 aliphatic carbocycles. The van der Waals surface area contributed by atoms with Crippen molar-refractivity contribution in [2.45, 2.75) is 25.2 Å². The van der Waals surface area contributed by atoms with Crippen molar-refractivity contribution in [1.82, 2.24) is 20.4 Å². The van der Waals surface area contributed by atoms with Crippen LogP contribution in [0, 0.1) is 17.0 Å². The van der Waals surface area contributed by atoms with Crippen molar-refractivity contribution in [2.24, 2.45) is 5.73 Å². The third kappa shape index (κ3) is 5.92. The molecule has 0 fully saturated rings. The zero-order valence-electron chi connectivity index (χ0n) is 17.8. The van der Waals surface area contributed by atoms with Crippen molar-refractivity contribution in [3.63, 3.8) is 0 Å². The minimum Gasteiger partial charge on any atom is -0.379 e. The lowest BCUT2D eigenvalue weighted by Gasteiger charge is -2.27. The van der Waals surface area contributed by atoms with Gasteiger partial charge >= 0.3 is 6.18 Å². The second-order valence-corrected chi connectivity index (χ2v) is 7.46. The standard InChI is InChI=1S/C21H20F5N7O/c1-20(28,21(24,25)26)11-31-18-14(23)10-30-19(32-18)15(27)8-17(16-6-7-34-33-16)29-9-12-4-2-3-5-13(12)22/h2-8,10,27,29H,9,11,28H2,1H3,(H,30,31,32)/b17-8-,27-15?. The van der Waals surface area contributed by atoms with E-state index in [1.165, 1.54) is 24.5 Å². The van der Waals surface area contributed by atoms with Crippen LogP contribution >= 0.6 is 0 Å². The molecule has 0 radical (unpaired) electrons. The zero-order valence-corrected chi connectivity index (χ0v) is 17.8. The summed E-state index contributed by atoms with van der Waals surface area (Å²) in [6.07, 6.45) is -1.48. The summed E-state index contributed by atoms with van der Waals surface area (Å²) >= 11 is 0. The molecular weight excluding hydrogens is 461 g/mol. The van der Waals surface area contributed by atoms with E-state index in [9.17, 15) is 22.0 Å². The topological polar surface area (TPSA) is 126 Å². The lowest BCUT2D eigenvalue weighted by atomic mass is 10.0. The summed E-state index contributed by atoms with van der Waals surface area (Å²) in [5.41, 5.74) is 3.15. The number of rotatable bonds is 9. The highest BCUT2D eigenvalue weighted by Crippen LogP contribution is 2.28. The van der Waals surface area contributed by atoms with Crippen molar-refractivity contribution in [2.75, 3.05) is 11.9 Å². The van der Waals surface area contributed by atoms with Gasteiger partial charge in [0.05, 0.1) is 11.9 Å². The van der Waals surface area contributed by atoms with E-state index in [2.05, 4.69) is 25.8 Å². The van der Waals surface area contributed by atoms with Gasteiger partial charge in [0, 0.05) is 24.7 Å². The van der Waals surface area contributed by atoms with Gasteiger partial charge in [-0.3, -0.25) is 5.41 Å². The molecule has 2 heterocycles. The second kappa shape index (κ2) is 9.95. The minimum atomic E-state index is -4.74. The van der Waals surface area contributed by atoms with Crippen molar-refractivity contribution in [3.05, 3.63) is 77.6 Å². The van der Waals surface area contributed by atoms with E-state index in [1.807, 2.05) is 0 Å². The van der Waals surface area contributed by atoms with Crippen LogP contribution in [0.5, 0.6) is 0 Å². The van der Waals surface area contributed by atoms with Gasteiger partial charge in [0.25, 0.3) is 0 Å². The maximum atomic E-state index is 14.1. The molecule has 0 aliphatic heterocycles. The first-order valence-electron chi connectivity index (χ1n) is 9.78. The van der Waals surface area contributed by atoms with E-state index in [4.69, 9.17) is 15.7 Å². The summed E-state index contributed by atoms with van der Waals surface area (Å²) in [5.74, 6) is -2.30. The lowest BCUT2D eigenvalue weighted by molar-refractivity contribution is -0.176. The normalized spacial score (nSPS) is 13.9. The molecule has 0 bridgehead atoms. The van der Waals surface area contributed by atoms with E-state index < -0.39 is 35.7 Å². The van der Waals surface area contributed by atoms with Crippen LogP contribution in [-0.2, 0) is 6.54 Å². The predicted molar refractivity (Wildman–Crippen MR) is 114 cm³/mol. The minimum absolute atomic E-state index is 0.0439. The van der Waals surface area contributed by atoms with E-state index in [0.29, 0.717) is 5.56 Å². The summed E-state index contributed by atoms with van der Waals surface area (Å²) in [5, 5.41) is 17.2. The average molecular weight is 481 g/mol. The summed E-state index contributed by atoms with van der Waals surface area (Å²) in [4.78, 5) is 7.52. The van der Waals surface area contributed by atoms with Gasteiger partial charge in [-0.05, 0) is 19.1 Å². The van der Waals surface area contributed by atoms with Gasteiger partial charge in [-0.1, -0.05) is 23.4 Å². The van der Waals surface area contributed by atoms with Crippen molar-refractivity contribution < 1.29 is 26.5 Å². The third-order valence-corrected chi connectivity index (χ3v) is 4.69. The number of hydrogen-bond donors (Lipinski definition) is 4. The molecule has 180 valence electrons. The van der Waals surface area contributed by atoms with E-state index in [1.54, 1.807) is 18.2 Å². The number of anilines is 1. The van der Waals surface area contributed by atoms with E-state index in [-0.39, 0.29) is 29.5 Å². The summed E-state index contributed by atoms with van der Waals surface area (Å²) in [7, 11) is 0. The number of benzene rings is 1. The molecule has 0 saturated carbocycles. The van der Waals surface area contributed by atoms with Crippen LogP contribution in [0.3, 0.4) is 0 Å². The Hall–Kier alpha value is -3.87. The Balaban J connectivity index is 1.82. The fraction of sp³-hybridized carbons (Fsp3) is 0.238. The number of hydrogen-bond acceptors (Lipinski definition) is 8. The lowest BCUT2D eigenvalue weighted by Crippen LogP contribution is -2.55. The van der Waals surface area contributed by atoms with E-state index >= 15 is 0 Å². The highest BCUT2D eigenvalue weighted by atomic mass is 19.4. The molecule has 0 amide bonds. The quantitative estimate of drug-likeness (QED) is 0.272. The van der Waals surface area contributed by atoms with Gasteiger partial charge in [-0.25, -0.2) is 18.7 Å². The maximum absolute atomic E-state index is 14.1. The Morgan fingerprint density at radius 3 is 2.56 bits per heavy atom. The van der Waals surface area contributed by atoms with Crippen LogP contribution in [0.25, 0.3) is 5.70 Å². The Labute approximate surface area is 190 Å². The summed E-state index contributed by atoms with van der Waals surface area (Å²) in [6.45, 7) is -0.0695. The molecule has 2 aromatic heterocycles. The van der Waals surface area contributed by atoms with Gasteiger partial charge in [0.15, 0.2) is 17.5 Å². The molecule has 3 aromatic rings. The van der Waals surface area contributed by atoms with Gasteiger partial charge in [-0.15, -0.1) is 0 Å².